The number of H-pyrrole nitrogens is 1. The standard InChI is InChI=1S/C19H23N5O2S/c1-26-13-17-21-18(23-22-17)14-6-5-7-15(12-14)20-19(25)16(8-11-27-2)24-9-3-4-10-24/h3-7,9-10,12,16H,8,11,13H2,1-2H3,(H,20,25)(H,21,22,23)/t16-/m0/s1. The van der Waals surface area contributed by atoms with E-state index in [1.807, 2.05) is 59.6 Å². The van der Waals surface area contributed by atoms with E-state index in [-0.39, 0.29) is 11.9 Å². The van der Waals surface area contributed by atoms with E-state index in [0.717, 1.165) is 23.4 Å². The first-order valence-electron chi connectivity index (χ1n) is 8.64. The normalized spacial score (nSPS) is 12.1. The number of carbonyl (C=O) groups excluding carboxylic acids is 1. The number of aromatic amines is 1. The minimum atomic E-state index is -0.243. The molecule has 0 saturated heterocycles. The molecule has 2 aromatic heterocycles. The van der Waals surface area contributed by atoms with Gasteiger partial charge in [-0.25, -0.2) is 4.98 Å². The van der Waals surface area contributed by atoms with Gasteiger partial charge in [0, 0.05) is 30.8 Å². The molecule has 3 aromatic rings. The van der Waals surface area contributed by atoms with Gasteiger partial charge >= 0.3 is 0 Å². The molecule has 1 atom stereocenters. The highest BCUT2D eigenvalue weighted by Gasteiger charge is 2.19. The summed E-state index contributed by atoms with van der Waals surface area (Å²) in [6, 6.07) is 11.1. The number of thioether (sulfide) groups is 1. The van der Waals surface area contributed by atoms with E-state index in [0.29, 0.717) is 18.3 Å². The summed E-state index contributed by atoms with van der Waals surface area (Å²) in [5.41, 5.74) is 1.55. The Morgan fingerprint density at radius 1 is 1.33 bits per heavy atom. The van der Waals surface area contributed by atoms with Crippen LogP contribution in [-0.4, -0.2) is 44.8 Å². The zero-order valence-electron chi connectivity index (χ0n) is 15.4. The molecule has 7 nitrogen and oxygen atoms in total. The summed E-state index contributed by atoms with van der Waals surface area (Å²) in [5, 5.41) is 10.1. The number of hydrogen-bond acceptors (Lipinski definition) is 5. The second-order valence-electron chi connectivity index (χ2n) is 6.04. The molecule has 0 aliphatic carbocycles. The van der Waals surface area contributed by atoms with Crippen molar-refractivity contribution in [2.45, 2.75) is 19.1 Å². The minimum Gasteiger partial charge on any atom is -0.377 e. The second-order valence-corrected chi connectivity index (χ2v) is 7.02. The Hall–Kier alpha value is -2.58. The van der Waals surface area contributed by atoms with Crippen molar-refractivity contribution in [3.05, 3.63) is 54.6 Å². The molecule has 2 heterocycles. The zero-order chi connectivity index (χ0) is 19.1. The molecule has 0 bridgehead atoms. The summed E-state index contributed by atoms with van der Waals surface area (Å²) in [4.78, 5) is 17.3. The van der Waals surface area contributed by atoms with Gasteiger partial charge in [-0.2, -0.15) is 16.9 Å². The summed E-state index contributed by atoms with van der Waals surface area (Å²) >= 11 is 1.73. The molecule has 0 radical (unpaired) electrons. The Labute approximate surface area is 162 Å². The lowest BCUT2D eigenvalue weighted by Gasteiger charge is -2.18. The molecule has 0 aliphatic heterocycles. The van der Waals surface area contributed by atoms with E-state index in [1.54, 1.807) is 18.9 Å². The number of methoxy groups -OCH3 is 1. The monoisotopic (exact) mass is 385 g/mol. The van der Waals surface area contributed by atoms with E-state index >= 15 is 0 Å². The molecule has 0 aliphatic rings. The lowest BCUT2D eigenvalue weighted by atomic mass is 10.1. The van der Waals surface area contributed by atoms with Gasteiger partial charge in [0.05, 0.1) is 0 Å². The number of amides is 1. The van der Waals surface area contributed by atoms with Gasteiger partial charge in [0.2, 0.25) is 5.91 Å². The summed E-state index contributed by atoms with van der Waals surface area (Å²) in [6.07, 6.45) is 6.66. The van der Waals surface area contributed by atoms with Crippen molar-refractivity contribution < 1.29 is 9.53 Å². The van der Waals surface area contributed by atoms with Crippen LogP contribution < -0.4 is 5.32 Å². The maximum atomic E-state index is 12.9. The predicted molar refractivity (Wildman–Crippen MR) is 108 cm³/mol. The molecule has 0 unspecified atom stereocenters. The van der Waals surface area contributed by atoms with Crippen molar-refractivity contribution in [2.24, 2.45) is 0 Å². The van der Waals surface area contributed by atoms with E-state index in [9.17, 15) is 4.79 Å². The summed E-state index contributed by atoms with van der Waals surface area (Å²) in [5.74, 6) is 2.11. The fourth-order valence-corrected chi connectivity index (χ4v) is 3.25. The van der Waals surface area contributed by atoms with Crippen LogP contribution in [0, 0.1) is 0 Å². The van der Waals surface area contributed by atoms with Gasteiger partial charge in [-0.15, -0.1) is 0 Å². The lowest BCUT2D eigenvalue weighted by molar-refractivity contribution is -0.119. The molecule has 142 valence electrons. The molecule has 0 spiro atoms. The Morgan fingerprint density at radius 3 is 2.89 bits per heavy atom. The van der Waals surface area contributed by atoms with Crippen molar-refractivity contribution in [1.82, 2.24) is 19.7 Å². The number of aromatic nitrogens is 4. The van der Waals surface area contributed by atoms with Crippen LogP contribution in [0.15, 0.2) is 48.8 Å². The number of nitrogens with zero attached hydrogens (tertiary/aromatic N) is 3. The van der Waals surface area contributed by atoms with Crippen molar-refractivity contribution in [3.8, 4) is 11.4 Å². The Bertz CT molecular complexity index is 863. The van der Waals surface area contributed by atoms with Gasteiger partial charge in [-0.05, 0) is 42.7 Å². The van der Waals surface area contributed by atoms with Crippen LogP contribution in [-0.2, 0) is 16.1 Å². The number of ether oxygens (including phenoxy) is 1. The molecule has 3 rings (SSSR count). The maximum absolute atomic E-state index is 12.9. The van der Waals surface area contributed by atoms with Crippen LogP contribution in [0.2, 0.25) is 0 Å². The number of benzene rings is 1. The Kier molecular flexibility index (Phi) is 6.67. The van der Waals surface area contributed by atoms with Gasteiger partial charge in [0.15, 0.2) is 11.6 Å². The first kappa shape index (κ1) is 19.2. The number of rotatable bonds is 9. The Balaban J connectivity index is 1.75. The number of hydrogen-bond donors (Lipinski definition) is 2. The lowest BCUT2D eigenvalue weighted by Crippen LogP contribution is -2.25. The third-order valence-corrected chi connectivity index (χ3v) is 4.73. The SMILES string of the molecule is COCc1nc(-c2cccc(NC(=O)[C@H](CCSC)n3cccc3)c2)n[nH]1. The minimum absolute atomic E-state index is 0.0348. The van der Waals surface area contributed by atoms with E-state index in [1.165, 1.54) is 0 Å². The molecular formula is C19H23N5O2S. The van der Waals surface area contributed by atoms with Gasteiger partial charge in [-0.1, -0.05) is 12.1 Å². The van der Waals surface area contributed by atoms with Crippen LogP contribution >= 0.6 is 11.8 Å². The zero-order valence-corrected chi connectivity index (χ0v) is 16.2. The van der Waals surface area contributed by atoms with Crippen molar-refractivity contribution >= 4 is 23.4 Å². The third kappa shape index (κ3) is 4.99. The van der Waals surface area contributed by atoms with Crippen molar-refractivity contribution in [2.75, 3.05) is 24.4 Å². The molecule has 1 aromatic carbocycles. The molecule has 0 saturated carbocycles. The Morgan fingerprint density at radius 2 is 2.15 bits per heavy atom. The van der Waals surface area contributed by atoms with Gasteiger partial charge in [0.25, 0.3) is 0 Å². The third-order valence-electron chi connectivity index (χ3n) is 4.09. The quantitative estimate of drug-likeness (QED) is 0.590. The van der Waals surface area contributed by atoms with Gasteiger partial charge in [0.1, 0.15) is 12.6 Å². The fourth-order valence-electron chi connectivity index (χ4n) is 2.79. The van der Waals surface area contributed by atoms with Gasteiger partial charge in [-0.3, -0.25) is 9.89 Å². The molecule has 2 N–H and O–H groups in total. The van der Waals surface area contributed by atoms with Crippen LogP contribution in [0.25, 0.3) is 11.4 Å². The summed E-state index contributed by atoms with van der Waals surface area (Å²) < 4.78 is 7.00. The summed E-state index contributed by atoms with van der Waals surface area (Å²) in [6.45, 7) is 0.372. The molecule has 1 amide bonds. The number of carbonyl (C=O) groups is 1. The number of nitrogens with one attached hydrogen (secondary N) is 2. The van der Waals surface area contributed by atoms with Crippen molar-refractivity contribution in [3.63, 3.8) is 0 Å². The summed E-state index contributed by atoms with van der Waals surface area (Å²) in [7, 11) is 1.61. The largest absolute Gasteiger partial charge is 0.377 e. The maximum Gasteiger partial charge on any atom is 0.247 e. The molecule has 8 heteroatoms. The smallest absolute Gasteiger partial charge is 0.247 e. The molecular weight excluding hydrogens is 362 g/mol. The molecule has 27 heavy (non-hydrogen) atoms. The van der Waals surface area contributed by atoms with Gasteiger partial charge < -0.3 is 14.6 Å². The van der Waals surface area contributed by atoms with E-state index < -0.39 is 0 Å². The van der Waals surface area contributed by atoms with Crippen LogP contribution in [0.3, 0.4) is 0 Å². The number of anilines is 1. The second kappa shape index (κ2) is 9.38. The first-order chi connectivity index (χ1) is 13.2. The van der Waals surface area contributed by atoms with Crippen LogP contribution in [0.5, 0.6) is 0 Å². The van der Waals surface area contributed by atoms with Crippen LogP contribution in [0.4, 0.5) is 5.69 Å². The van der Waals surface area contributed by atoms with E-state index in [4.69, 9.17) is 4.74 Å². The highest BCUT2D eigenvalue weighted by molar-refractivity contribution is 7.98. The fraction of sp³-hybridized carbons (Fsp3) is 0.316. The average molecular weight is 385 g/mol. The predicted octanol–water partition coefficient (Wildman–Crippen LogP) is 3.35. The topological polar surface area (TPSA) is 84.8 Å². The highest BCUT2D eigenvalue weighted by atomic mass is 32.2. The molecule has 0 fully saturated rings. The first-order valence-corrected chi connectivity index (χ1v) is 10.0. The van der Waals surface area contributed by atoms with E-state index in [2.05, 4.69) is 20.5 Å². The highest BCUT2D eigenvalue weighted by Crippen LogP contribution is 2.22. The van der Waals surface area contributed by atoms with Crippen LogP contribution in [0.1, 0.15) is 18.3 Å². The van der Waals surface area contributed by atoms with Crippen molar-refractivity contribution in [1.29, 1.82) is 0 Å². The average Bonchev–Trinajstić information content (AvgIpc) is 3.35.